The number of nitrogens with one attached hydrogen (secondary N) is 2. The van der Waals surface area contributed by atoms with Gasteiger partial charge in [-0.3, -0.25) is 9.44 Å². The molecule has 3 heteroatoms. The van der Waals surface area contributed by atoms with Gasteiger partial charge in [0.25, 0.3) is 0 Å². The third-order valence-corrected chi connectivity index (χ3v) is 3.27. The van der Waals surface area contributed by atoms with Crippen LogP contribution in [0.5, 0.6) is 0 Å². The van der Waals surface area contributed by atoms with Crippen LogP contribution >= 0.6 is 10.4 Å². The van der Waals surface area contributed by atoms with Crippen molar-refractivity contribution in [2.75, 3.05) is 26.1 Å². The molecule has 0 aromatic carbocycles. The van der Waals surface area contributed by atoms with E-state index in [-0.39, 0.29) is 0 Å². The fourth-order valence-corrected chi connectivity index (χ4v) is 1.34. The summed E-state index contributed by atoms with van der Waals surface area (Å²) >= 11 is 0. The van der Waals surface area contributed by atoms with E-state index < -0.39 is 10.4 Å². The lowest BCUT2D eigenvalue weighted by Gasteiger charge is -2.32. The summed E-state index contributed by atoms with van der Waals surface area (Å²) in [6, 6.07) is 0. The van der Waals surface area contributed by atoms with Gasteiger partial charge in [-0.25, -0.2) is 0 Å². The van der Waals surface area contributed by atoms with Crippen LogP contribution in [0.25, 0.3) is 0 Å². The summed E-state index contributed by atoms with van der Waals surface area (Å²) in [5.74, 6) is 0.736. The lowest BCUT2D eigenvalue weighted by Crippen LogP contribution is -2.31. The van der Waals surface area contributed by atoms with E-state index in [4.69, 9.17) is 0 Å². The summed E-state index contributed by atoms with van der Waals surface area (Å²) < 4.78 is 6.75. The summed E-state index contributed by atoms with van der Waals surface area (Å²) in [6.45, 7) is 5.54. The molecule has 0 radical (unpaired) electrons. The lowest BCUT2D eigenvalue weighted by molar-refractivity contribution is 0.635. The van der Waals surface area contributed by atoms with Crippen molar-refractivity contribution in [2.24, 2.45) is 5.92 Å². The van der Waals surface area contributed by atoms with Crippen LogP contribution in [0.4, 0.5) is 0 Å². The van der Waals surface area contributed by atoms with Crippen LogP contribution in [0.3, 0.4) is 0 Å². The van der Waals surface area contributed by atoms with Crippen LogP contribution in [0.15, 0.2) is 0 Å². The zero-order valence-corrected chi connectivity index (χ0v) is 8.51. The Balaban J connectivity index is 3.46. The molecule has 0 heterocycles. The average molecular weight is 164 g/mol. The monoisotopic (exact) mass is 164 g/mol. The van der Waals surface area contributed by atoms with Crippen LogP contribution in [-0.4, -0.2) is 26.1 Å². The minimum absolute atomic E-state index is 0.715. The normalized spacial score (nSPS) is 14.2. The Morgan fingerprint density at radius 1 is 1.30 bits per heavy atom. The third-order valence-electron chi connectivity index (χ3n) is 1.36. The van der Waals surface area contributed by atoms with Crippen molar-refractivity contribution in [3.8, 4) is 0 Å². The van der Waals surface area contributed by atoms with E-state index in [0.29, 0.717) is 0 Å². The van der Waals surface area contributed by atoms with Gasteiger partial charge in [-0.15, -0.1) is 10.4 Å². The van der Waals surface area contributed by atoms with Crippen molar-refractivity contribution in [3.63, 3.8) is 0 Å². The van der Waals surface area contributed by atoms with Crippen molar-refractivity contribution in [1.82, 2.24) is 9.44 Å². The van der Waals surface area contributed by atoms with Crippen LogP contribution < -0.4 is 9.44 Å². The molecule has 0 unspecified atom stereocenters. The van der Waals surface area contributed by atoms with E-state index in [1.165, 1.54) is 0 Å². The van der Waals surface area contributed by atoms with Crippen molar-refractivity contribution in [2.45, 2.75) is 13.8 Å². The number of rotatable bonds is 4. The van der Waals surface area contributed by atoms with Gasteiger partial charge >= 0.3 is 0 Å². The van der Waals surface area contributed by atoms with Gasteiger partial charge in [0.15, 0.2) is 0 Å². The van der Waals surface area contributed by atoms with Gasteiger partial charge in [0.05, 0.1) is 0 Å². The van der Waals surface area contributed by atoms with Crippen molar-refractivity contribution in [3.05, 3.63) is 0 Å². The molecule has 0 bridgehead atoms. The minimum atomic E-state index is -0.715. The van der Waals surface area contributed by atoms with Gasteiger partial charge < -0.3 is 0 Å². The largest absolute Gasteiger partial charge is 0.273 e. The molecular formula is C7H20N2S. The van der Waals surface area contributed by atoms with Gasteiger partial charge in [0.1, 0.15) is 0 Å². The molecule has 0 amide bonds. The van der Waals surface area contributed by atoms with Crippen LogP contribution in [-0.2, 0) is 0 Å². The SMILES string of the molecule is CNS(C)(C)NCC(C)C. The van der Waals surface area contributed by atoms with Gasteiger partial charge in [-0.1, -0.05) is 13.8 Å². The maximum atomic E-state index is 3.48. The van der Waals surface area contributed by atoms with Crippen LogP contribution in [0.2, 0.25) is 0 Å². The van der Waals surface area contributed by atoms with Gasteiger partial charge in [-0.05, 0) is 25.5 Å². The van der Waals surface area contributed by atoms with Gasteiger partial charge in [0, 0.05) is 6.54 Å². The predicted molar refractivity (Wildman–Crippen MR) is 51.3 cm³/mol. The zero-order valence-electron chi connectivity index (χ0n) is 7.69. The van der Waals surface area contributed by atoms with E-state index in [9.17, 15) is 0 Å². The van der Waals surface area contributed by atoms with Gasteiger partial charge in [0.2, 0.25) is 0 Å². The zero-order chi connectivity index (χ0) is 8.20. The molecule has 2 N–H and O–H groups in total. The topological polar surface area (TPSA) is 24.1 Å². The summed E-state index contributed by atoms with van der Waals surface area (Å²) in [7, 11) is 1.29. The Morgan fingerprint density at radius 3 is 2.10 bits per heavy atom. The molecule has 0 saturated carbocycles. The maximum Gasteiger partial charge on any atom is 0.00775 e. The molecule has 0 rings (SSSR count). The Morgan fingerprint density at radius 2 is 1.80 bits per heavy atom. The molecule has 0 aliphatic carbocycles. The highest BCUT2D eigenvalue weighted by Gasteiger charge is 2.06. The summed E-state index contributed by atoms with van der Waals surface area (Å²) in [6.07, 6.45) is 4.44. The molecule has 10 heavy (non-hydrogen) atoms. The molecular weight excluding hydrogens is 144 g/mol. The second kappa shape index (κ2) is 4.21. The second-order valence-electron chi connectivity index (χ2n) is 3.27. The highest BCUT2D eigenvalue weighted by atomic mass is 32.3. The molecule has 0 aromatic heterocycles. The average Bonchev–Trinajstić information content (AvgIpc) is 1.85. The molecule has 0 aliphatic heterocycles. The smallest absolute Gasteiger partial charge is 0.00775 e. The standard InChI is InChI=1S/C7H20N2S/c1-7(2)6-9-10(4,5)8-3/h7-9H,6H2,1-5H3. The Kier molecular flexibility index (Phi) is 4.32. The molecule has 0 atom stereocenters. The summed E-state index contributed by atoms with van der Waals surface area (Å²) in [5.41, 5.74) is 0. The van der Waals surface area contributed by atoms with E-state index in [2.05, 4.69) is 35.8 Å². The Labute approximate surface area is 66.4 Å². The summed E-state index contributed by atoms with van der Waals surface area (Å²) in [4.78, 5) is 0. The molecule has 64 valence electrons. The van der Waals surface area contributed by atoms with Crippen molar-refractivity contribution >= 4 is 10.4 Å². The highest BCUT2D eigenvalue weighted by molar-refractivity contribution is 8.29. The first-order valence-corrected chi connectivity index (χ1v) is 6.09. The molecule has 0 aliphatic rings. The highest BCUT2D eigenvalue weighted by Crippen LogP contribution is 2.27. The maximum absolute atomic E-state index is 3.48. The Hall–Kier alpha value is 0.270. The van der Waals surface area contributed by atoms with E-state index in [1.54, 1.807) is 0 Å². The van der Waals surface area contributed by atoms with E-state index >= 15 is 0 Å². The second-order valence-corrected chi connectivity index (χ2v) is 6.62. The fraction of sp³-hybridized carbons (Fsp3) is 1.00. The van der Waals surface area contributed by atoms with E-state index in [1.807, 2.05) is 7.05 Å². The van der Waals surface area contributed by atoms with Crippen molar-refractivity contribution < 1.29 is 0 Å². The van der Waals surface area contributed by atoms with E-state index in [0.717, 1.165) is 12.5 Å². The Bertz CT molecular complexity index is 91.6. The first kappa shape index (κ1) is 10.3. The predicted octanol–water partition coefficient (Wildman–Crippen LogP) is 1.35. The first-order chi connectivity index (χ1) is 4.48. The molecule has 0 fully saturated rings. The quantitative estimate of drug-likeness (QED) is 0.655. The molecule has 0 saturated heterocycles. The number of hydrogen-bond acceptors (Lipinski definition) is 2. The van der Waals surface area contributed by atoms with Gasteiger partial charge in [-0.2, -0.15) is 0 Å². The molecule has 0 spiro atoms. The summed E-state index contributed by atoms with van der Waals surface area (Å²) in [5, 5.41) is 0. The molecule has 2 nitrogen and oxygen atoms in total. The van der Waals surface area contributed by atoms with Crippen molar-refractivity contribution in [1.29, 1.82) is 0 Å². The van der Waals surface area contributed by atoms with Crippen LogP contribution in [0, 0.1) is 5.92 Å². The third kappa shape index (κ3) is 5.09. The van der Waals surface area contributed by atoms with Crippen LogP contribution in [0.1, 0.15) is 13.8 Å². The molecule has 0 aromatic rings. The number of hydrogen-bond donors (Lipinski definition) is 2. The minimum Gasteiger partial charge on any atom is -0.273 e. The first-order valence-electron chi connectivity index (χ1n) is 3.64. The fourth-order valence-electron chi connectivity index (χ4n) is 0.447. The lowest BCUT2D eigenvalue weighted by atomic mass is 10.2.